The Labute approximate surface area is 107 Å². The van der Waals surface area contributed by atoms with E-state index in [2.05, 4.69) is 9.05 Å². The van der Waals surface area contributed by atoms with Crippen molar-refractivity contribution < 1.29 is 32.6 Å². The maximum Gasteiger partial charge on any atom is 0.337 e. The Morgan fingerprint density at radius 2 is 1.44 bits per heavy atom. The van der Waals surface area contributed by atoms with E-state index in [4.69, 9.17) is 14.2 Å². The van der Waals surface area contributed by atoms with E-state index in [1.165, 1.54) is 35.5 Å². The van der Waals surface area contributed by atoms with Gasteiger partial charge in [0.25, 0.3) is 5.97 Å². The van der Waals surface area contributed by atoms with Crippen LogP contribution in [0.1, 0.15) is 12.8 Å². The zero-order valence-electron chi connectivity index (χ0n) is 11.4. The summed E-state index contributed by atoms with van der Waals surface area (Å²) >= 11 is 0. The molecule has 0 aliphatic rings. The molecule has 0 amide bonds. The maximum atomic E-state index is 11.7. The third-order valence-corrected chi connectivity index (χ3v) is 4.42. The fraction of sp³-hybridized carbons (Fsp3) is 0.900. The predicted octanol–water partition coefficient (Wildman–Crippen LogP) is 1.41. The van der Waals surface area contributed by atoms with Gasteiger partial charge in [0.15, 0.2) is 0 Å². The van der Waals surface area contributed by atoms with Gasteiger partial charge < -0.3 is 23.3 Å². The van der Waals surface area contributed by atoms with Crippen LogP contribution in [0.25, 0.3) is 0 Å². The van der Waals surface area contributed by atoms with Crippen LogP contribution >= 0.6 is 7.60 Å². The highest BCUT2D eigenvalue weighted by Crippen LogP contribution is 2.46. The molecular weight excluding hydrogens is 263 g/mol. The highest BCUT2D eigenvalue weighted by atomic mass is 31.2. The molecule has 0 heterocycles. The number of carbonyl (C=O) groups is 1. The molecular formula is C10H21O7P. The quantitative estimate of drug-likeness (QED) is 0.443. The highest BCUT2D eigenvalue weighted by molar-refractivity contribution is 7.54. The average molecular weight is 284 g/mol. The van der Waals surface area contributed by atoms with Gasteiger partial charge in [0, 0.05) is 48.4 Å². The van der Waals surface area contributed by atoms with E-state index in [1.54, 1.807) is 0 Å². The number of methoxy groups -OCH3 is 3. The average Bonchev–Trinajstić information content (AvgIpc) is 2.41. The van der Waals surface area contributed by atoms with Gasteiger partial charge in [-0.15, -0.1) is 0 Å². The third kappa shape index (κ3) is 5.14. The molecule has 0 unspecified atom stereocenters. The summed E-state index contributed by atoms with van der Waals surface area (Å²) in [6.07, 6.45) is -0.0256. The van der Waals surface area contributed by atoms with Gasteiger partial charge in [-0.2, -0.15) is 0 Å². The molecule has 7 nitrogen and oxygen atoms in total. The van der Waals surface area contributed by atoms with Crippen molar-refractivity contribution in [1.29, 1.82) is 0 Å². The summed E-state index contributed by atoms with van der Waals surface area (Å²) in [7, 11) is 3.39. The minimum absolute atomic E-state index is 0.0756. The topological polar surface area (TPSA) is 80.3 Å². The molecule has 18 heavy (non-hydrogen) atoms. The number of rotatable bonds is 10. The van der Waals surface area contributed by atoms with Crippen LogP contribution < -0.4 is 0 Å². The minimum atomic E-state index is -3.32. The Kier molecular flexibility index (Phi) is 7.86. The fourth-order valence-corrected chi connectivity index (χ4v) is 2.34. The lowest BCUT2D eigenvalue weighted by Gasteiger charge is -2.28. The molecule has 0 aliphatic carbocycles. The van der Waals surface area contributed by atoms with Gasteiger partial charge >= 0.3 is 7.60 Å². The second kappa shape index (κ2) is 7.99. The number of ether oxygens (including phenoxy) is 3. The normalized spacial score (nSPS) is 12.7. The molecule has 0 aromatic carbocycles. The first kappa shape index (κ1) is 17.7. The maximum absolute atomic E-state index is 11.7. The summed E-state index contributed by atoms with van der Waals surface area (Å²) in [4.78, 5) is 11.7. The molecule has 108 valence electrons. The Morgan fingerprint density at radius 1 is 1.00 bits per heavy atom. The van der Waals surface area contributed by atoms with Crippen molar-refractivity contribution in [2.24, 2.45) is 0 Å². The second-order valence-electron chi connectivity index (χ2n) is 3.47. The van der Waals surface area contributed by atoms with Crippen LogP contribution in [-0.4, -0.2) is 53.5 Å². The molecule has 0 bridgehead atoms. The lowest BCUT2D eigenvalue weighted by Crippen LogP contribution is -2.36. The Balaban J connectivity index is 4.38. The number of ketones is 1. The molecule has 0 radical (unpaired) electrons. The summed E-state index contributed by atoms with van der Waals surface area (Å²) < 4.78 is 36.2. The summed E-state index contributed by atoms with van der Waals surface area (Å²) in [6, 6.07) is 0. The first-order valence-electron chi connectivity index (χ1n) is 5.28. The molecule has 0 aromatic rings. The van der Waals surface area contributed by atoms with Crippen molar-refractivity contribution in [2.45, 2.75) is 18.8 Å². The van der Waals surface area contributed by atoms with Crippen molar-refractivity contribution in [3.8, 4) is 0 Å². The summed E-state index contributed by atoms with van der Waals surface area (Å²) in [5, 5.41) is 0. The lowest BCUT2D eigenvalue weighted by atomic mass is 10.2. The molecule has 0 aromatic heterocycles. The van der Waals surface area contributed by atoms with Crippen molar-refractivity contribution in [2.75, 3.05) is 41.7 Å². The monoisotopic (exact) mass is 284 g/mol. The molecule has 0 fully saturated rings. The van der Waals surface area contributed by atoms with Gasteiger partial charge in [-0.25, -0.2) is 0 Å². The van der Waals surface area contributed by atoms with Gasteiger partial charge in [-0.3, -0.25) is 9.36 Å². The van der Waals surface area contributed by atoms with Crippen LogP contribution in [0.5, 0.6) is 0 Å². The Hall–Kier alpha value is -0.300. The highest BCUT2D eigenvalue weighted by Gasteiger charge is 2.32. The van der Waals surface area contributed by atoms with Crippen molar-refractivity contribution >= 4 is 13.4 Å². The fourth-order valence-electron chi connectivity index (χ4n) is 1.35. The molecule has 0 rings (SSSR count). The van der Waals surface area contributed by atoms with Crippen LogP contribution in [0.3, 0.4) is 0 Å². The number of hydrogen-bond acceptors (Lipinski definition) is 7. The van der Waals surface area contributed by atoms with E-state index < -0.39 is 13.6 Å². The lowest BCUT2D eigenvalue weighted by molar-refractivity contribution is -0.354. The second-order valence-corrected chi connectivity index (χ2v) is 5.74. The molecule has 0 atom stereocenters. The third-order valence-electron chi connectivity index (χ3n) is 2.57. The van der Waals surface area contributed by atoms with Gasteiger partial charge in [0.2, 0.25) is 0 Å². The van der Waals surface area contributed by atoms with E-state index in [1.807, 2.05) is 0 Å². The number of hydrogen-bond donors (Lipinski definition) is 0. The van der Waals surface area contributed by atoms with E-state index in [-0.39, 0.29) is 24.8 Å². The number of Topliss-reactive ketones (excluding diaryl/α,β-unsaturated/α-hetero) is 1. The molecule has 0 spiro atoms. The molecule has 0 saturated heterocycles. The summed E-state index contributed by atoms with van der Waals surface area (Å²) in [5.74, 6) is -1.54. The van der Waals surface area contributed by atoms with Crippen LogP contribution in [0, 0.1) is 0 Å². The minimum Gasteiger partial charge on any atom is -0.331 e. The van der Waals surface area contributed by atoms with E-state index in [0.717, 1.165) is 0 Å². The molecule has 0 saturated carbocycles. The Morgan fingerprint density at radius 3 is 1.78 bits per heavy atom. The zero-order valence-corrected chi connectivity index (χ0v) is 12.3. The van der Waals surface area contributed by atoms with Crippen LogP contribution in [0.2, 0.25) is 0 Å². The first-order valence-corrected chi connectivity index (χ1v) is 7.01. The molecule has 0 N–H and O–H groups in total. The predicted molar refractivity (Wildman–Crippen MR) is 64.5 cm³/mol. The van der Waals surface area contributed by atoms with E-state index in [0.29, 0.717) is 0 Å². The standard InChI is InChI=1S/C10H21O7P/c1-13-10(14-2,15-3)7-6-9(11)8-18(12,16-4)17-5/h6-8H2,1-5H3. The number of carbonyl (C=O) groups excluding carboxylic acids is 1. The van der Waals surface area contributed by atoms with Crippen molar-refractivity contribution in [1.82, 2.24) is 0 Å². The summed E-state index contributed by atoms with van der Waals surface area (Å²) in [5.41, 5.74) is 0. The van der Waals surface area contributed by atoms with E-state index in [9.17, 15) is 9.36 Å². The van der Waals surface area contributed by atoms with Gasteiger partial charge in [0.1, 0.15) is 11.9 Å². The van der Waals surface area contributed by atoms with Crippen molar-refractivity contribution in [3.63, 3.8) is 0 Å². The van der Waals surface area contributed by atoms with Crippen LogP contribution in [0.15, 0.2) is 0 Å². The van der Waals surface area contributed by atoms with Gasteiger partial charge in [-0.05, 0) is 0 Å². The largest absolute Gasteiger partial charge is 0.337 e. The van der Waals surface area contributed by atoms with Gasteiger partial charge in [-0.1, -0.05) is 0 Å². The van der Waals surface area contributed by atoms with Gasteiger partial charge in [0.05, 0.1) is 0 Å². The zero-order chi connectivity index (χ0) is 14.2. The first-order chi connectivity index (χ1) is 8.40. The molecule has 8 heteroatoms. The van der Waals surface area contributed by atoms with Crippen LogP contribution in [0.4, 0.5) is 0 Å². The molecule has 0 aliphatic heterocycles. The van der Waals surface area contributed by atoms with Crippen molar-refractivity contribution in [3.05, 3.63) is 0 Å². The SMILES string of the molecule is COC(CCC(=O)CP(=O)(OC)OC)(OC)OC. The van der Waals surface area contributed by atoms with E-state index >= 15 is 0 Å². The van der Waals surface area contributed by atoms with Crippen LogP contribution in [-0.2, 0) is 32.6 Å². The summed E-state index contributed by atoms with van der Waals surface area (Å²) in [6.45, 7) is 0. The smallest absolute Gasteiger partial charge is 0.331 e. The Bertz CT molecular complexity index is 284.